The Morgan fingerprint density at radius 2 is 1.90 bits per heavy atom. The van der Waals surface area contributed by atoms with Gasteiger partial charge in [-0.25, -0.2) is 0 Å². The number of hydrogen-bond donors (Lipinski definition) is 0. The summed E-state index contributed by atoms with van der Waals surface area (Å²) in [6.07, 6.45) is 3.52. The van der Waals surface area contributed by atoms with E-state index in [0.717, 1.165) is 34.9 Å². The molecule has 0 saturated heterocycles. The minimum absolute atomic E-state index is 0.120. The van der Waals surface area contributed by atoms with Crippen LogP contribution in [0.25, 0.3) is 22.2 Å². The van der Waals surface area contributed by atoms with Crippen molar-refractivity contribution in [1.29, 1.82) is 0 Å². The van der Waals surface area contributed by atoms with E-state index in [1.54, 1.807) is 18.4 Å². The van der Waals surface area contributed by atoms with Crippen molar-refractivity contribution >= 4 is 23.1 Å². The normalized spacial score (nSPS) is 16.8. The Bertz CT molecular complexity index is 1180. The van der Waals surface area contributed by atoms with Gasteiger partial charge < -0.3 is 13.6 Å². The Kier molecular flexibility index (Phi) is 5.54. The first kappa shape index (κ1) is 20.3. The predicted molar refractivity (Wildman–Crippen MR) is 119 cm³/mol. The van der Waals surface area contributed by atoms with Gasteiger partial charge in [0.2, 0.25) is 11.8 Å². The molecule has 4 aromatic rings. The third-order valence-corrected chi connectivity index (χ3v) is 7.50. The standard InChI is InChI=1S/C22H22N4O3S2/c1-12-4-9-17-15(10-12)11-18(31-17)21-25-26-22(29-21)30-13(2)19-23-24-20(28-19)14-5-7-16(27-3)8-6-14/h5-8,11-13H,4,9-10H2,1-3H3. The zero-order valence-electron chi connectivity index (χ0n) is 17.5. The van der Waals surface area contributed by atoms with E-state index in [1.165, 1.54) is 28.6 Å². The molecule has 0 N–H and O–H groups in total. The molecule has 5 rings (SSSR count). The first-order valence-corrected chi connectivity index (χ1v) is 11.9. The van der Waals surface area contributed by atoms with E-state index in [4.69, 9.17) is 13.6 Å². The van der Waals surface area contributed by atoms with Crippen molar-refractivity contribution in [2.45, 2.75) is 43.6 Å². The highest BCUT2D eigenvalue weighted by atomic mass is 32.2. The molecule has 2 atom stereocenters. The molecular weight excluding hydrogens is 432 g/mol. The van der Waals surface area contributed by atoms with Crippen molar-refractivity contribution in [2.24, 2.45) is 5.92 Å². The summed E-state index contributed by atoms with van der Waals surface area (Å²) < 4.78 is 17.0. The summed E-state index contributed by atoms with van der Waals surface area (Å²) in [6.45, 7) is 4.28. The summed E-state index contributed by atoms with van der Waals surface area (Å²) in [6, 6.07) is 9.71. The summed E-state index contributed by atoms with van der Waals surface area (Å²) in [4.78, 5) is 2.50. The molecular formula is C22H22N4O3S2. The first-order valence-electron chi connectivity index (χ1n) is 10.2. The van der Waals surface area contributed by atoms with Crippen LogP contribution < -0.4 is 4.74 Å². The van der Waals surface area contributed by atoms with Crippen molar-refractivity contribution in [1.82, 2.24) is 20.4 Å². The van der Waals surface area contributed by atoms with Crippen molar-refractivity contribution in [2.75, 3.05) is 7.11 Å². The number of nitrogens with zero attached hydrogens (tertiary/aromatic N) is 4. The number of hydrogen-bond acceptors (Lipinski definition) is 9. The molecule has 1 aromatic carbocycles. The van der Waals surface area contributed by atoms with Gasteiger partial charge >= 0.3 is 0 Å². The van der Waals surface area contributed by atoms with Gasteiger partial charge in [-0.2, -0.15) is 0 Å². The Hall–Kier alpha value is -2.65. The molecule has 0 amide bonds. The van der Waals surface area contributed by atoms with Gasteiger partial charge in [-0.3, -0.25) is 0 Å². The van der Waals surface area contributed by atoms with Gasteiger partial charge in [0.1, 0.15) is 5.75 Å². The molecule has 7 nitrogen and oxygen atoms in total. The molecule has 3 heterocycles. The van der Waals surface area contributed by atoms with Crippen LogP contribution in [0.4, 0.5) is 0 Å². The third-order valence-electron chi connectivity index (χ3n) is 5.35. The van der Waals surface area contributed by atoms with Crippen LogP contribution in [0.5, 0.6) is 5.75 Å². The fraction of sp³-hybridized carbons (Fsp3) is 0.364. The number of thiophene rings is 1. The van der Waals surface area contributed by atoms with E-state index in [9.17, 15) is 0 Å². The molecule has 0 fully saturated rings. The van der Waals surface area contributed by atoms with Crippen molar-refractivity contribution in [3.63, 3.8) is 0 Å². The average Bonchev–Trinajstić information content (AvgIpc) is 3.52. The number of ether oxygens (including phenoxy) is 1. The molecule has 0 spiro atoms. The van der Waals surface area contributed by atoms with Gasteiger partial charge in [0.05, 0.1) is 17.2 Å². The van der Waals surface area contributed by atoms with Gasteiger partial charge in [-0.15, -0.1) is 31.7 Å². The second-order valence-corrected chi connectivity index (χ2v) is 10.1. The number of thioether (sulfide) groups is 1. The Balaban J connectivity index is 1.28. The lowest BCUT2D eigenvalue weighted by atomic mass is 9.90. The fourth-order valence-corrected chi connectivity index (χ4v) is 5.46. The van der Waals surface area contributed by atoms with Crippen molar-refractivity contribution in [3.05, 3.63) is 46.7 Å². The van der Waals surface area contributed by atoms with E-state index in [1.807, 2.05) is 31.2 Å². The second-order valence-electron chi connectivity index (χ2n) is 7.71. The maximum absolute atomic E-state index is 5.93. The fourth-order valence-electron chi connectivity index (χ4n) is 3.62. The summed E-state index contributed by atoms with van der Waals surface area (Å²) >= 11 is 3.18. The van der Waals surface area contributed by atoms with Gasteiger partial charge in [-0.05, 0) is 68.0 Å². The van der Waals surface area contributed by atoms with Gasteiger partial charge in [0.25, 0.3) is 11.1 Å². The molecule has 0 saturated carbocycles. The van der Waals surface area contributed by atoms with Crippen LogP contribution >= 0.6 is 23.1 Å². The predicted octanol–water partition coefficient (Wildman–Crippen LogP) is 5.83. The van der Waals surface area contributed by atoms with Crippen LogP contribution in [0.2, 0.25) is 0 Å². The molecule has 1 aliphatic rings. The van der Waals surface area contributed by atoms with Gasteiger partial charge in [0, 0.05) is 10.4 Å². The highest BCUT2D eigenvalue weighted by Crippen LogP contribution is 2.39. The Morgan fingerprint density at radius 1 is 1.10 bits per heavy atom. The maximum Gasteiger partial charge on any atom is 0.277 e. The van der Waals surface area contributed by atoms with E-state index in [0.29, 0.717) is 22.9 Å². The van der Waals surface area contributed by atoms with Crippen LogP contribution in [0.15, 0.2) is 44.4 Å². The van der Waals surface area contributed by atoms with Crippen LogP contribution in [-0.4, -0.2) is 27.5 Å². The number of methoxy groups -OCH3 is 1. The van der Waals surface area contributed by atoms with Crippen molar-refractivity contribution in [3.8, 4) is 28.0 Å². The SMILES string of the molecule is COc1ccc(-c2nnc(C(C)Sc3nnc(-c4cc5c(s4)CCC(C)C5)o3)o2)cc1. The number of aromatic nitrogens is 4. The smallest absolute Gasteiger partial charge is 0.277 e. The van der Waals surface area contributed by atoms with E-state index < -0.39 is 0 Å². The maximum atomic E-state index is 5.93. The second kappa shape index (κ2) is 8.47. The molecule has 0 bridgehead atoms. The number of rotatable bonds is 6. The lowest BCUT2D eigenvalue weighted by Gasteiger charge is -2.16. The molecule has 31 heavy (non-hydrogen) atoms. The molecule has 160 valence electrons. The van der Waals surface area contributed by atoms with Crippen LogP contribution in [0.3, 0.4) is 0 Å². The summed E-state index contributed by atoms with van der Waals surface area (Å²) in [5.41, 5.74) is 2.27. The lowest BCUT2D eigenvalue weighted by Crippen LogP contribution is -2.07. The largest absolute Gasteiger partial charge is 0.497 e. The summed E-state index contributed by atoms with van der Waals surface area (Å²) in [5, 5.41) is 17.2. The molecule has 2 unspecified atom stereocenters. The minimum Gasteiger partial charge on any atom is -0.497 e. The summed E-state index contributed by atoms with van der Waals surface area (Å²) in [7, 11) is 1.63. The van der Waals surface area contributed by atoms with E-state index in [-0.39, 0.29) is 5.25 Å². The average molecular weight is 455 g/mol. The van der Waals surface area contributed by atoms with Crippen LogP contribution in [0.1, 0.15) is 41.8 Å². The lowest BCUT2D eigenvalue weighted by molar-refractivity contribution is 0.415. The van der Waals surface area contributed by atoms with Crippen LogP contribution in [-0.2, 0) is 12.8 Å². The number of fused-ring (bicyclic) bond motifs is 1. The summed E-state index contributed by atoms with van der Waals surface area (Å²) in [5.74, 6) is 3.07. The number of benzene rings is 1. The molecule has 3 aromatic heterocycles. The van der Waals surface area contributed by atoms with Crippen LogP contribution in [0, 0.1) is 5.92 Å². The van der Waals surface area contributed by atoms with E-state index in [2.05, 4.69) is 33.4 Å². The Labute approximate surface area is 188 Å². The van der Waals surface area contributed by atoms with Crippen molar-refractivity contribution < 1.29 is 13.6 Å². The minimum atomic E-state index is -0.120. The zero-order chi connectivity index (χ0) is 21.4. The quantitative estimate of drug-likeness (QED) is 0.336. The van der Waals surface area contributed by atoms with Gasteiger partial charge in [0.15, 0.2) is 0 Å². The highest BCUT2D eigenvalue weighted by molar-refractivity contribution is 7.99. The first-order chi connectivity index (χ1) is 15.1. The monoisotopic (exact) mass is 454 g/mol. The van der Waals surface area contributed by atoms with E-state index >= 15 is 0 Å². The third kappa shape index (κ3) is 4.24. The molecule has 0 radical (unpaired) electrons. The molecule has 0 aliphatic heterocycles. The topological polar surface area (TPSA) is 87.1 Å². The van der Waals surface area contributed by atoms with Gasteiger partial charge in [-0.1, -0.05) is 18.7 Å². The Morgan fingerprint density at radius 3 is 2.71 bits per heavy atom. The molecule has 9 heteroatoms. The number of aryl methyl sites for hydroxylation is 1. The highest BCUT2D eigenvalue weighted by Gasteiger charge is 2.23. The zero-order valence-corrected chi connectivity index (χ0v) is 19.1. The molecule has 1 aliphatic carbocycles.